The Hall–Kier alpha value is -0.670. The molecule has 0 amide bonds. The monoisotopic (exact) mass is 211 g/mol. The molecule has 1 unspecified atom stereocenters. The molecule has 0 radical (unpaired) electrons. The molecule has 0 fully saturated rings. The molecule has 0 aliphatic rings. The van der Waals surface area contributed by atoms with E-state index in [2.05, 4.69) is 6.92 Å². The second kappa shape index (κ2) is 5.94. The normalized spacial score (nSPS) is 12.5. The van der Waals surface area contributed by atoms with E-state index in [4.69, 9.17) is 10.5 Å². The van der Waals surface area contributed by atoms with Crippen molar-refractivity contribution in [1.82, 2.24) is 0 Å². The van der Waals surface area contributed by atoms with Crippen molar-refractivity contribution in [2.45, 2.75) is 13.0 Å². The summed E-state index contributed by atoms with van der Waals surface area (Å²) in [5.74, 6) is 2.95. The zero-order valence-corrected chi connectivity index (χ0v) is 9.51. The Labute approximate surface area is 89.8 Å². The van der Waals surface area contributed by atoms with Crippen LogP contribution >= 0.6 is 11.8 Å². The third-order valence-electron chi connectivity index (χ3n) is 2.02. The second-order valence-corrected chi connectivity index (χ2v) is 4.36. The first-order valence-corrected chi connectivity index (χ1v) is 5.90. The van der Waals surface area contributed by atoms with Crippen LogP contribution in [0.4, 0.5) is 0 Å². The first-order valence-electron chi connectivity index (χ1n) is 4.75. The van der Waals surface area contributed by atoms with Crippen LogP contribution in [0.25, 0.3) is 0 Å². The van der Waals surface area contributed by atoms with Gasteiger partial charge in [-0.3, -0.25) is 0 Å². The van der Waals surface area contributed by atoms with Crippen molar-refractivity contribution in [3.63, 3.8) is 0 Å². The highest BCUT2D eigenvalue weighted by molar-refractivity contribution is 7.99. The van der Waals surface area contributed by atoms with Crippen molar-refractivity contribution in [2.75, 3.05) is 18.6 Å². The lowest BCUT2D eigenvalue weighted by molar-refractivity contribution is 0.414. The Morgan fingerprint density at radius 3 is 2.93 bits per heavy atom. The maximum atomic E-state index is 6.03. The van der Waals surface area contributed by atoms with Gasteiger partial charge in [0, 0.05) is 11.8 Å². The lowest BCUT2D eigenvalue weighted by Crippen LogP contribution is -2.13. The maximum absolute atomic E-state index is 6.03. The molecule has 0 saturated heterocycles. The molecule has 1 rings (SSSR count). The molecule has 0 spiro atoms. The van der Waals surface area contributed by atoms with Crippen molar-refractivity contribution in [1.29, 1.82) is 0 Å². The number of hydrogen-bond acceptors (Lipinski definition) is 3. The summed E-state index contributed by atoms with van der Waals surface area (Å²) >= 11 is 1.86. The minimum Gasteiger partial charge on any atom is -0.497 e. The fourth-order valence-corrected chi connectivity index (χ4v) is 1.90. The molecule has 1 aromatic rings. The van der Waals surface area contributed by atoms with E-state index in [-0.39, 0.29) is 6.04 Å². The number of methoxy groups -OCH3 is 1. The minimum absolute atomic E-state index is 0.107. The average molecular weight is 211 g/mol. The van der Waals surface area contributed by atoms with Crippen LogP contribution < -0.4 is 10.5 Å². The molecule has 3 heteroatoms. The van der Waals surface area contributed by atoms with Gasteiger partial charge in [-0.25, -0.2) is 0 Å². The first kappa shape index (κ1) is 11.4. The molecule has 0 bridgehead atoms. The quantitative estimate of drug-likeness (QED) is 0.812. The highest BCUT2D eigenvalue weighted by Gasteiger charge is 2.05. The van der Waals surface area contributed by atoms with E-state index in [1.165, 1.54) is 0 Å². The molecule has 0 aliphatic carbocycles. The van der Waals surface area contributed by atoms with Crippen LogP contribution in [0.5, 0.6) is 5.75 Å². The Balaban J connectivity index is 2.64. The van der Waals surface area contributed by atoms with E-state index in [9.17, 15) is 0 Å². The second-order valence-electron chi connectivity index (χ2n) is 3.04. The van der Waals surface area contributed by atoms with Crippen LogP contribution in [0.3, 0.4) is 0 Å². The van der Waals surface area contributed by atoms with Crippen LogP contribution in [0.1, 0.15) is 18.5 Å². The number of ether oxygens (including phenoxy) is 1. The van der Waals surface area contributed by atoms with Gasteiger partial charge in [0.15, 0.2) is 0 Å². The average Bonchev–Trinajstić information content (AvgIpc) is 2.26. The third kappa shape index (κ3) is 3.24. The topological polar surface area (TPSA) is 35.2 Å². The fourth-order valence-electron chi connectivity index (χ4n) is 1.21. The summed E-state index contributed by atoms with van der Waals surface area (Å²) in [4.78, 5) is 0. The van der Waals surface area contributed by atoms with Crippen molar-refractivity contribution in [3.8, 4) is 5.75 Å². The highest BCUT2D eigenvalue weighted by Crippen LogP contribution is 2.20. The molecule has 2 N–H and O–H groups in total. The van der Waals surface area contributed by atoms with Crippen molar-refractivity contribution < 1.29 is 4.74 Å². The van der Waals surface area contributed by atoms with E-state index in [0.29, 0.717) is 0 Å². The standard InChI is InChI=1S/C11H17NOS/c1-3-14-8-11(12)9-5-4-6-10(7-9)13-2/h4-7,11H,3,8,12H2,1-2H3. The Kier molecular flexibility index (Phi) is 4.84. The van der Waals surface area contributed by atoms with E-state index in [0.717, 1.165) is 22.8 Å². The molecule has 2 nitrogen and oxygen atoms in total. The van der Waals surface area contributed by atoms with E-state index < -0.39 is 0 Å². The Morgan fingerprint density at radius 1 is 1.50 bits per heavy atom. The Bertz CT molecular complexity index is 278. The number of thioether (sulfide) groups is 1. The minimum atomic E-state index is 0.107. The largest absolute Gasteiger partial charge is 0.497 e. The summed E-state index contributed by atoms with van der Waals surface area (Å²) in [6, 6.07) is 8.06. The molecule has 14 heavy (non-hydrogen) atoms. The summed E-state index contributed by atoms with van der Waals surface area (Å²) < 4.78 is 5.15. The molecule has 1 aromatic carbocycles. The van der Waals surface area contributed by atoms with Crippen molar-refractivity contribution in [3.05, 3.63) is 29.8 Å². The van der Waals surface area contributed by atoms with E-state index in [1.54, 1.807) is 7.11 Å². The van der Waals surface area contributed by atoms with Gasteiger partial charge in [0.1, 0.15) is 5.75 Å². The molecular weight excluding hydrogens is 194 g/mol. The lowest BCUT2D eigenvalue weighted by atomic mass is 10.1. The predicted molar refractivity (Wildman–Crippen MR) is 62.9 cm³/mol. The van der Waals surface area contributed by atoms with Crippen LogP contribution in [0.15, 0.2) is 24.3 Å². The van der Waals surface area contributed by atoms with Crippen molar-refractivity contribution >= 4 is 11.8 Å². The van der Waals surface area contributed by atoms with Gasteiger partial charge in [0.2, 0.25) is 0 Å². The molecule has 0 saturated carbocycles. The molecule has 1 atom stereocenters. The van der Waals surface area contributed by atoms with Gasteiger partial charge >= 0.3 is 0 Å². The maximum Gasteiger partial charge on any atom is 0.119 e. The fraction of sp³-hybridized carbons (Fsp3) is 0.455. The summed E-state index contributed by atoms with van der Waals surface area (Å²) in [7, 11) is 1.67. The molecule has 78 valence electrons. The van der Waals surface area contributed by atoms with Gasteiger partial charge in [0.25, 0.3) is 0 Å². The van der Waals surface area contributed by atoms with Crippen LogP contribution in [0.2, 0.25) is 0 Å². The van der Waals surface area contributed by atoms with Gasteiger partial charge in [-0.1, -0.05) is 19.1 Å². The summed E-state index contributed by atoms with van der Waals surface area (Å²) in [6.07, 6.45) is 0. The van der Waals surface area contributed by atoms with Gasteiger partial charge in [0.05, 0.1) is 7.11 Å². The van der Waals surface area contributed by atoms with Gasteiger partial charge in [-0.2, -0.15) is 11.8 Å². The Morgan fingerprint density at radius 2 is 2.29 bits per heavy atom. The van der Waals surface area contributed by atoms with Gasteiger partial charge in [-0.05, 0) is 23.4 Å². The number of benzene rings is 1. The lowest BCUT2D eigenvalue weighted by Gasteiger charge is -2.11. The molecule has 0 aliphatic heterocycles. The van der Waals surface area contributed by atoms with E-state index in [1.807, 2.05) is 36.0 Å². The summed E-state index contributed by atoms with van der Waals surface area (Å²) in [5.41, 5.74) is 7.17. The smallest absolute Gasteiger partial charge is 0.119 e. The summed E-state index contributed by atoms with van der Waals surface area (Å²) in [5, 5.41) is 0. The van der Waals surface area contributed by atoms with E-state index >= 15 is 0 Å². The zero-order valence-electron chi connectivity index (χ0n) is 8.69. The SMILES string of the molecule is CCSCC(N)c1cccc(OC)c1. The number of hydrogen-bond donors (Lipinski definition) is 1. The van der Waals surface area contributed by atoms with Crippen molar-refractivity contribution in [2.24, 2.45) is 5.73 Å². The zero-order chi connectivity index (χ0) is 10.4. The van der Waals surface area contributed by atoms with Gasteiger partial charge in [-0.15, -0.1) is 0 Å². The van der Waals surface area contributed by atoms with Gasteiger partial charge < -0.3 is 10.5 Å². The molecule has 0 heterocycles. The highest BCUT2D eigenvalue weighted by atomic mass is 32.2. The number of nitrogens with two attached hydrogens (primary N) is 1. The van der Waals surface area contributed by atoms with Crippen LogP contribution in [-0.2, 0) is 0 Å². The summed E-state index contributed by atoms with van der Waals surface area (Å²) in [6.45, 7) is 2.14. The third-order valence-corrected chi connectivity index (χ3v) is 3.03. The first-order chi connectivity index (χ1) is 6.77. The van der Waals surface area contributed by atoms with Crippen LogP contribution in [-0.4, -0.2) is 18.6 Å². The molecule has 0 aromatic heterocycles. The number of rotatable bonds is 5. The van der Waals surface area contributed by atoms with Crippen LogP contribution in [0, 0.1) is 0 Å². The predicted octanol–water partition coefficient (Wildman–Crippen LogP) is 2.45. The molecular formula is C11H17NOS.